The van der Waals surface area contributed by atoms with Gasteiger partial charge in [-0.05, 0) is 114 Å². The summed E-state index contributed by atoms with van der Waals surface area (Å²) >= 11 is 0. The molecule has 11 nitrogen and oxygen atoms in total. The van der Waals surface area contributed by atoms with Gasteiger partial charge in [0.15, 0.2) is 0 Å². The molecule has 7 rings (SSSR count). The van der Waals surface area contributed by atoms with E-state index in [9.17, 15) is 13.2 Å². The van der Waals surface area contributed by atoms with Gasteiger partial charge >= 0.3 is 0 Å². The van der Waals surface area contributed by atoms with Crippen molar-refractivity contribution in [3.8, 4) is 0 Å². The number of likely N-dealkylation sites (N-methyl/N-ethyl adjacent to an activating group) is 1. The number of nitrogens with one attached hydrogen (secondary N) is 3. The van der Waals surface area contributed by atoms with Crippen molar-refractivity contribution in [2.24, 2.45) is 45.1 Å². The van der Waals surface area contributed by atoms with Crippen LogP contribution in [0, 0.1) is 39.4 Å². The van der Waals surface area contributed by atoms with E-state index in [4.69, 9.17) is 10.8 Å². The molecule has 3 aromatic rings. The number of nitrogens with two attached hydrogens (primary N) is 1. The van der Waals surface area contributed by atoms with Crippen LogP contribution in [0.15, 0.2) is 126 Å². The third-order valence-corrected chi connectivity index (χ3v) is 18.4. The molecule has 1 amide bonds. The molecule has 3 aliphatic carbocycles. The average molecular weight is 956 g/mol. The standard InChI is InChI=1S/C32H52N6O2S.C21H25NOS.CH4O/c1-21(2)27(28(39)38-20-32(18-24(38)22(3)33)30(8,9)31(32)15-13-16-31)36-23(4)35-25(29(5,6)7)19-37(10)41(40)26-14-11-12-17-34-26;1-3-19-15-20(19)16-22-24(2,23)21-11-7-10-18(14-21)13-12-17-8-5-4-6-9-17;1-2/h11-12,14,17,21,24-25,27,35-36H,3-4,13,15-16,18-20,33H2,1-2,5-10H3;3-11,14,19-20H,1-2,12-13,15-16H2,(H,22,23);2H,1H3. The second-order valence-electron chi connectivity index (χ2n) is 21.1. The molecule has 13 heteroatoms. The predicted octanol–water partition coefficient (Wildman–Crippen LogP) is 7.88. The number of likely N-dealkylation sites (tertiary alicyclic amines) is 1. The Labute approximate surface area is 406 Å². The minimum absolute atomic E-state index is 0.0292. The Balaban J connectivity index is 0.000000274. The minimum Gasteiger partial charge on any atom is -0.401 e. The highest BCUT2D eigenvalue weighted by atomic mass is 32.2. The number of amides is 1. The van der Waals surface area contributed by atoms with Crippen LogP contribution in [0.2, 0.25) is 0 Å². The molecule has 3 saturated carbocycles. The van der Waals surface area contributed by atoms with Crippen molar-refractivity contribution in [2.45, 2.75) is 121 Å². The zero-order chi connectivity index (χ0) is 49.5. The number of hydrogen-bond acceptors (Lipinski definition) is 8. The quantitative estimate of drug-likeness (QED) is 0.0602. The lowest BCUT2D eigenvalue weighted by molar-refractivity contribution is -0.135. The fourth-order valence-corrected chi connectivity index (χ4v) is 13.0. The minimum atomic E-state index is -2.44. The van der Waals surface area contributed by atoms with Gasteiger partial charge in [0.2, 0.25) is 5.91 Å². The monoisotopic (exact) mass is 956 g/mol. The number of aliphatic hydroxyl groups is 1. The van der Waals surface area contributed by atoms with Crippen LogP contribution in [-0.4, -0.2) is 91.4 Å². The third kappa shape index (κ3) is 12.0. The van der Waals surface area contributed by atoms with Crippen molar-refractivity contribution in [1.82, 2.24) is 29.5 Å². The SMILES string of the molecule is C=C(NC(C(=O)N1CC2(CC1C(=C)N)C(C)(C)C21CCC1)C(C)C)NC(CN(C)S(=O)c1ccccn1)C(C)(C)C.C=CC1CC1CNS(=C)(=O)c1cccc(CCc2ccccc2)c1.CO. The molecule has 1 aromatic heterocycles. The van der Waals surface area contributed by atoms with E-state index in [0.29, 0.717) is 40.3 Å². The second kappa shape index (κ2) is 22.0. The Morgan fingerprint density at radius 1 is 1.01 bits per heavy atom. The molecule has 4 fully saturated rings. The number of allylic oxidation sites excluding steroid dienone is 1. The number of nitrogens with zero attached hydrogens (tertiary/aromatic N) is 3. The van der Waals surface area contributed by atoms with Gasteiger partial charge < -0.3 is 26.4 Å². The van der Waals surface area contributed by atoms with Crippen LogP contribution in [0.4, 0.5) is 0 Å². The molecule has 67 heavy (non-hydrogen) atoms. The van der Waals surface area contributed by atoms with Gasteiger partial charge in [-0.25, -0.2) is 22.4 Å². The van der Waals surface area contributed by atoms with Crippen LogP contribution in [0.5, 0.6) is 0 Å². The van der Waals surface area contributed by atoms with Crippen LogP contribution >= 0.6 is 0 Å². The number of carbonyl (C=O) groups excluding carboxylic acids is 1. The average Bonchev–Trinajstić information content (AvgIpc) is 4.07. The normalized spacial score (nSPS) is 24.1. The van der Waals surface area contributed by atoms with Gasteiger partial charge in [-0.15, -0.1) is 6.58 Å². The van der Waals surface area contributed by atoms with Crippen molar-refractivity contribution in [3.05, 3.63) is 127 Å². The fraction of sp³-hybridized carbons (Fsp3) is 0.537. The number of fused-ring (bicyclic) bond motifs is 1. The van der Waals surface area contributed by atoms with E-state index in [1.54, 1.807) is 16.6 Å². The summed E-state index contributed by atoms with van der Waals surface area (Å²) in [6, 6.07) is 23.2. The van der Waals surface area contributed by atoms with Gasteiger partial charge in [-0.2, -0.15) is 0 Å². The molecule has 2 aromatic carbocycles. The molecule has 2 heterocycles. The number of aliphatic hydroxyl groups excluding tert-OH is 1. The topological polar surface area (TPSA) is 153 Å². The van der Waals surface area contributed by atoms with E-state index in [0.717, 1.165) is 50.8 Å². The van der Waals surface area contributed by atoms with Gasteiger partial charge in [0, 0.05) is 62.0 Å². The number of aryl methyl sites for hydroxylation is 2. The summed E-state index contributed by atoms with van der Waals surface area (Å²) in [5.74, 6) is 5.73. The maximum Gasteiger partial charge on any atom is 0.245 e. The number of benzene rings is 2. The van der Waals surface area contributed by atoms with E-state index in [-0.39, 0.29) is 40.2 Å². The number of aromatic nitrogens is 1. The van der Waals surface area contributed by atoms with Gasteiger partial charge in [0.1, 0.15) is 22.1 Å². The molecule has 8 unspecified atom stereocenters. The van der Waals surface area contributed by atoms with E-state index >= 15 is 0 Å². The summed E-state index contributed by atoms with van der Waals surface area (Å²) in [4.78, 5) is 21.3. The highest BCUT2D eigenvalue weighted by Crippen LogP contribution is 2.88. The molecule has 6 N–H and O–H groups in total. The van der Waals surface area contributed by atoms with E-state index in [1.807, 2.05) is 54.4 Å². The summed E-state index contributed by atoms with van der Waals surface area (Å²) in [5.41, 5.74) is 9.90. The summed E-state index contributed by atoms with van der Waals surface area (Å²) in [7, 11) is -0.998. The summed E-state index contributed by atoms with van der Waals surface area (Å²) in [6.07, 6.45) is 11.4. The molecule has 368 valence electrons. The smallest absolute Gasteiger partial charge is 0.245 e. The molecular formula is C54H81N7O4S2. The Morgan fingerprint density at radius 2 is 1.66 bits per heavy atom. The van der Waals surface area contributed by atoms with E-state index in [1.165, 1.54) is 30.4 Å². The largest absolute Gasteiger partial charge is 0.401 e. The molecular weight excluding hydrogens is 875 g/mol. The van der Waals surface area contributed by atoms with Crippen molar-refractivity contribution < 1.29 is 18.3 Å². The first-order chi connectivity index (χ1) is 31.6. The van der Waals surface area contributed by atoms with Crippen molar-refractivity contribution in [2.75, 3.05) is 33.8 Å². The van der Waals surface area contributed by atoms with E-state index in [2.05, 4.69) is 125 Å². The molecule has 1 saturated heterocycles. The lowest BCUT2D eigenvalue weighted by atomic mass is 9.73. The number of rotatable bonds is 19. The van der Waals surface area contributed by atoms with E-state index < -0.39 is 26.7 Å². The maximum absolute atomic E-state index is 14.2. The van der Waals surface area contributed by atoms with Crippen molar-refractivity contribution in [3.63, 3.8) is 0 Å². The van der Waals surface area contributed by atoms with Crippen molar-refractivity contribution >= 4 is 32.5 Å². The highest BCUT2D eigenvalue weighted by Gasteiger charge is 2.84. The first kappa shape index (κ1) is 53.7. The summed E-state index contributed by atoms with van der Waals surface area (Å²) in [6.45, 7) is 29.4. The number of pyridine rings is 1. The lowest BCUT2D eigenvalue weighted by Crippen LogP contribution is -2.55. The molecule has 1 aliphatic heterocycles. The Bertz CT molecular complexity index is 2310. The van der Waals surface area contributed by atoms with Crippen molar-refractivity contribution in [1.29, 1.82) is 0 Å². The van der Waals surface area contributed by atoms with Crippen LogP contribution in [0.3, 0.4) is 0 Å². The number of carbonyl (C=O) groups is 1. The van der Waals surface area contributed by atoms with Gasteiger partial charge in [-0.3, -0.25) is 4.79 Å². The van der Waals surface area contributed by atoms with Gasteiger partial charge in [0.25, 0.3) is 0 Å². The Hall–Kier alpha value is -4.27. The van der Waals surface area contributed by atoms with Crippen LogP contribution in [0.1, 0.15) is 91.7 Å². The molecule has 0 radical (unpaired) electrons. The third-order valence-electron chi connectivity index (χ3n) is 15.4. The fourth-order valence-electron chi connectivity index (χ4n) is 10.7. The maximum atomic E-state index is 14.2. The van der Waals surface area contributed by atoms with Crippen LogP contribution in [0.25, 0.3) is 0 Å². The number of hydrogen-bond donors (Lipinski definition) is 5. The zero-order valence-corrected chi connectivity index (χ0v) is 43.5. The predicted molar refractivity (Wildman–Crippen MR) is 278 cm³/mol. The molecule has 8 atom stereocenters. The first-order valence-electron chi connectivity index (χ1n) is 23.9. The zero-order valence-electron chi connectivity index (χ0n) is 41.9. The van der Waals surface area contributed by atoms with Crippen LogP contribution < -0.4 is 21.1 Å². The first-order valence-corrected chi connectivity index (χ1v) is 26.7. The molecule has 4 aliphatic rings. The highest BCUT2D eigenvalue weighted by molar-refractivity contribution is 7.98. The molecule has 2 spiro atoms. The second-order valence-corrected chi connectivity index (χ2v) is 24.7. The Morgan fingerprint density at radius 3 is 2.19 bits per heavy atom. The summed E-state index contributed by atoms with van der Waals surface area (Å²) < 4.78 is 31.0. The van der Waals surface area contributed by atoms with Gasteiger partial charge in [-0.1, -0.05) is 123 Å². The van der Waals surface area contributed by atoms with Crippen LogP contribution in [-0.2, 0) is 38.3 Å². The van der Waals surface area contributed by atoms with Gasteiger partial charge in [0.05, 0.1) is 21.6 Å². The summed E-state index contributed by atoms with van der Waals surface area (Å²) in [5, 5.41) is 14.5. The lowest BCUT2D eigenvalue weighted by Gasteiger charge is -2.37. The molecule has 0 bridgehead atoms. The Kier molecular flexibility index (Phi) is 17.6.